The summed E-state index contributed by atoms with van der Waals surface area (Å²) in [7, 11) is 3.88. The minimum atomic E-state index is -0.0587. The van der Waals surface area contributed by atoms with Gasteiger partial charge in [-0.15, -0.1) is 0 Å². The van der Waals surface area contributed by atoms with Gasteiger partial charge in [0.25, 0.3) is 0 Å². The fourth-order valence-corrected chi connectivity index (χ4v) is 3.59. The zero-order valence-electron chi connectivity index (χ0n) is 16.0. The number of guanidine groups is 1. The number of nitrogens with zero attached hydrogens (tertiary/aromatic N) is 2. The standard InChI is InChI=1S/C19H35N3O3/c1-20-19(22(2)13-9-16-10-14-24-15-11-16)21-12-5-8-18(23)25-17-6-3-4-7-17/h16-17H,3-15H2,1-2H3,(H,20,21). The van der Waals surface area contributed by atoms with Crippen molar-refractivity contribution in [3.05, 3.63) is 0 Å². The van der Waals surface area contributed by atoms with Gasteiger partial charge in [-0.3, -0.25) is 9.79 Å². The molecule has 0 unspecified atom stereocenters. The van der Waals surface area contributed by atoms with E-state index in [1.54, 1.807) is 0 Å². The first-order chi connectivity index (χ1) is 12.2. The highest BCUT2D eigenvalue weighted by Crippen LogP contribution is 2.21. The second kappa shape index (κ2) is 11.3. The number of carbonyl (C=O) groups is 1. The van der Waals surface area contributed by atoms with Crippen LogP contribution in [0.1, 0.15) is 57.8 Å². The molecule has 144 valence electrons. The average Bonchev–Trinajstić information content (AvgIpc) is 3.13. The normalized spacial score (nSPS) is 19.8. The molecule has 0 aromatic carbocycles. The van der Waals surface area contributed by atoms with Gasteiger partial charge < -0.3 is 19.7 Å². The number of rotatable bonds is 8. The second-order valence-electron chi connectivity index (χ2n) is 7.24. The third-order valence-electron chi connectivity index (χ3n) is 5.23. The summed E-state index contributed by atoms with van der Waals surface area (Å²) in [4.78, 5) is 18.3. The highest BCUT2D eigenvalue weighted by molar-refractivity contribution is 5.79. The lowest BCUT2D eigenvalue weighted by molar-refractivity contribution is -0.148. The maximum absolute atomic E-state index is 11.8. The Bertz CT molecular complexity index is 416. The summed E-state index contributed by atoms with van der Waals surface area (Å²) in [5.41, 5.74) is 0. The minimum Gasteiger partial charge on any atom is -0.462 e. The van der Waals surface area contributed by atoms with Gasteiger partial charge in [-0.1, -0.05) is 0 Å². The number of aliphatic imine (C=N–C) groups is 1. The third-order valence-corrected chi connectivity index (χ3v) is 5.23. The van der Waals surface area contributed by atoms with Crippen molar-refractivity contribution in [1.82, 2.24) is 10.2 Å². The number of hydrogen-bond acceptors (Lipinski definition) is 4. The van der Waals surface area contributed by atoms with Crippen LogP contribution in [-0.4, -0.2) is 63.3 Å². The maximum Gasteiger partial charge on any atom is 0.306 e. The highest BCUT2D eigenvalue weighted by Gasteiger charge is 2.19. The van der Waals surface area contributed by atoms with Gasteiger partial charge in [0.1, 0.15) is 6.10 Å². The molecule has 0 amide bonds. The Labute approximate surface area is 152 Å². The zero-order chi connectivity index (χ0) is 17.9. The molecule has 0 radical (unpaired) electrons. The lowest BCUT2D eigenvalue weighted by Gasteiger charge is -2.26. The van der Waals surface area contributed by atoms with Crippen LogP contribution in [0.25, 0.3) is 0 Å². The molecule has 1 N–H and O–H groups in total. The van der Waals surface area contributed by atoms with Crippen molar-refractivity contribution in [3.63, 3.8) is 0 Å². The van der Waals surface area contributed by atoms with E-state index in [4.69, 9.17) is 9.47 Å². The van der Waals surface area contributed by atoms with Gasteiger partial charge in [0.2, 0.25) is 0 Å². The molecule has 6 heteroatoms. The van der Waals surface area contributed by atoms with E-state index in [0.717, 1.165) is 57.4 Å². The quantitative estimate of drug-likeness (QED) is 0.314. The van der Waals surface area contributed by atoms with E-state index in [0.29, 0.717) is 6.42 Å². The van der Waals surface area contributed by atoms with Crippen LogP contribution < -0.4 is 5.32 Å². The van der Waals surface area contributed by atoms with Crippen molar-refractivity contribution in [1.29, 1.82) is 0 Å². The number of ether oxygens (including phenoxy) is 2. The van der Waals surface area contributed by atoms with Gasteiger partial charge in [-0.25, -0.2) is 0 Å². The van der Waals surface area contributed by atoms with Crippen LogP contribution in [0.4, 0.5) is 0 Å². The molecule has 0 bridgehead atoms. The largest absolute Gasteiger partial charge is 0.462 e. The van der Waals surface area contributed by atoms with E-state index < -0.39 is 0 Å². The Balaban J connectivity index is 1.56. The van der Waals surface area contributed by atoms with E-state index >= 15 is 0 Å². The summed E-state index contributed by atoms with van der Waals surface area (Å²) < 4.78 is 10.9. The van der Waals surface area contributed by atoms with Crippen molar-refractivity contribution in [2.24, 2.45) is 10.9 Å². The van der Waals surface area contributed by atoms with Crippen molar-refractivity contribution < 1.29 is 14.3 Å². The van der Waals surface area contributed by atoms with Crippen LogP contribution in [0.2, 0.25) is 0 Å². The molecule has 0 aromatic rings. The van der Waals surface area contributed by atoms with Crippen LogP contribution in [0.5, 0.6) is 0 Å². The number of nitrogens with one attached hydrogen (secondary N) is 1. The minimum absolute atomic E-state index is 0.0587. The summed E-state index contributed by atoms with van der Waals surface area (Å²) in [5.74, 6) is 1.60. The predicted octanol–water partition coefficient (Wildman–Crippen LogP) is 2.58. The van der Waals surface area contributed by atoms with Crippen LogP contribution in [0.3, 0.4) is 0 Å². The molecular weight excluding hydrogens is 318 g/mol. The van der Waals surface area contributed by atoms with Gasteiger partial charge >= 0.3 is 5.97 Å². The lowest BCUT2D eigenvalue weighted by atomic mass is 9.96. The summed E-state index contributed by atoms with van der Waals surface area (Å²) >= 11 is 0. The fourth-order valence-electron chi connectivity index (χ4n) is 3.59. The van der Waals surface area contributed by atoms with Crippen molar-refractivity contribution >= 4 is 11.9 Å². The van der Waals surface area contributed by atoms with E-state index in [-0.39, 0.29) is 12.1 Å². The second-order valence-corrected chi connectivity index (χ2v) is 7.24. The molecule has 1 heterocycles. The first-order valence-corrected chi connectivity index (χ1v) is 9.88. The Morgan fingerprint density at radius 3 is 2.64 bits per heavy atom. The van der Waals surface area contributed by atoms with Gasteiger partial charge in [-0.2, -0.15) is 0 Å². The molecule has 0 aromatic heterocycles. The molecule has 25 heavy (non-hydrogen) atoms. The van der Waals surface area contributed by atoms with Gasteiger partial charge in [0.15, 0.2) is 5.96 Å². The third kappa shape index (κ3) is 7.63. The molecule has 2 rings (SSSR count). The molecule has 2 fully saturated rings. The van der Waals surface area contributed by atoms with E-state index in [1.807, 2.05) is 7.05 Å². The Hall–Kier alpha value is -1.30. The van der Waals surface area contributed by atoms with Crippen LogP contribution in [0, 0.1) is 5.92 Å². The Kier molecular flexibility index (Phi) is 9.08. The topological polar surface area (TPSA) is 63.2 Å². The lowest BCUT2D eigenvalue weighted by Crippen LogP contribution is -2.40. The van der Waals surface area contributed by atoms with Crippen LogP contribution in [-0.2, 0) is 14.3 Å². The monoisotopic (exact) mass is 353 g/mol. The summed E-state index contributed by atoms with van der Waals surface area (Å²) in [5, 5.41) is 3.35. The van der Waals surface area contributed by atoms with Crippen molar-refractivity contribution in [3.8, 4) is 0 Å². The van der Waals surface area contributed by atoms with Gasteiger partial charge in [0.05, 0.1) is 0 Å². The summed E-state index contributed by atoms with van der Waals surface area (Å²) in [6.45, 7) is 3.54. The number of esters is 1. The molecule has 6 nitrogen and oxygen atoms in total. The van der Waals surface area contributed by atoms with Crippen LogP contribution >= 0.6 is 0 Å². The molecular formula is C19H35N3O3. The van der Waals surface area contributed by atoms with Crippen LogP contribution in [0.15, 0.2) is 4.99 Å². The molecule has 1 saturated heterocycles. The van der Waals surface area contributed by atoms with E-state index in [2.05, 4.69) is 22.3 Å². The number of hydrogen-bond donors (Lipinski definition) is 1. The Morgan fingerprint density at radius 1 is 1.24 bits per heavy atom. The average molecular weight is 354 g/mol. The smallest absolute Gasteiger partial charge is 0.306 e. The summed E-state index contributed by atoms with van der Waals surface area (Å²) in [6.07, 6.45) is 9.39. The molecule has 0 spiro atoms. The summed E-state index contributed by atoms with van der Waals surface area (Å²) in [6, 6.07) is 0. The van der Waals surface area contributed by atoms with Crippen molar-refractivity contribution in [2.75, 3.05) is 40.4 Å². The molecule has 1 saturated carbocycles. The highest BCUT2D eigenvalue weighted by atomic mass is 16.5. The first kappa shape index (κ1) is 20.0. The predicted molar refractivity (Wildman–Crippen MR) is 99.7 cm³/mol. The maximum atomic E-state index is 11.8. The molecule has 2 aliphatic rings. The van der Waals surface area contributed by atoms with E-state index in [9.17, 15) is 4.79 Å². The van der Waals surface area contributed by atoms with E-state index in [1.165, 1.54) is 32.1 Å². The SMILES string of the molecule is CN=C(NCCCC(=O)OC1CCCC1)N(C)CCC1CCOCC1. The fraction of sp³-hybridized carbons (Fsp3) is 0.895. The molecule has 1 aliphatic carbocycles. The zero-order valence-corrected chi connectivity index (χ0v) is 16.0. The molecule has 1 aliphatic heterocycles. The van der Waals surface area contributed by atoms with Gasteiger partial charge in [-0.05, 0) is 57.3 Å². The molecule has 0 atom stereocenters. The number of carbonyl (C=O) groups excluding carboxylic acids is 1. The Morgan fingerprint density at radius 2 is 1.96 bits per heavy atom. The first-order valence-electron chi connectivity index (χ1n) is 9.88. The van der Waals surface area contributed by atoms with Gasteiger partial charge in [0, 0.05) is 46.8 Å². The van der Waals surface area contributed by atoms with Crippen molar-refractivity contribution in [2.45, 2.75) is 63.9 Å².